The van der Waals surface area contributed by atoms with E-state index in [-0.39, 0.29) is 36.2 Å². The predicted octanol–water partition coefficient (Wildman–Crippen LogP) is 1.69. The van der Waals surface area contributed by atoms with Gasteiger partial charge in [0, 0.05) is 6.54 Å². The Labute approximate surface area is 117 Å². The summed E-state index contributed by atoms with van der Waals surface area (Å²) in [5.41, 5.74) is 5.85. The highest BCUT2D eigenvalue weighted by Crippen LogP contribution is 2.20. The van der Waals surface area contributed by atoms with Crippen molar-refractivity contribution in [3.8, 4) is 0 Å². The lowest BCUT2D eigenvalue weighted by Crippen LogP contribution is -2.47. The van der Waals surface area contributed by atoms with E-state index < -0.39 is 12.1 Å². The van der Waals surface area contributed by atoms with E-state index in [1.165, 1.54) is 0 Å². The number of carbonyl (C=O) groups excluding carboxylic acids is 1. The Kier molecular flexibility index (Phi) is 9.70. The lowest BCUT2D eigenvalue weighted by molar-refractivity contribution is -0.124. The number of nitrogens with two attached hydrogens (primary N) is 1. The first-order chi connectivity index (χ1) is 7.67. The molecule has 1 amide bonds. The van der Waals surface area contributed by atoms with Gasteiger partial charge in [-0.15, -0.1) is 12.4 Å². The monoisotopic (exact) mass is 280 g/mol. The quantitative estimate of drug-likeness (QED) is 0.693. The molecule has 110 valence electrons. The number of aliphatic hydroxyl groups is 1. The van der Waals surface area contributed by atoms with Crippen LogP contribution in [0.15, 0.2) is 0 Å². The van der Waals surface area contributed by atoms with Gasteiger partial charge in [-0.2, -0.15) is 0 Å². The average molecular weight is 281 g/mol. The van der Waals surface area contributed by atoms with Crippen LogP contribution in [0.5, 0.6) is 0 Å². The van der Waals surface area contributed by atoms with Gasteiger partial charge in [0.15, 0.2) is 0 Å². The zero-order valence-electron chi connectivity index (χ0n) is 12.2. The SMILES string of the molecule is CCC(C)C(N)C(=O)NCC(O)CC(C)(C)C.Cl. The molecule has 0 rings (SSSR count). The molecule has 0 aliphatic rings. The number of hydrogen-bond donors (Lipinski definition) is 3. The predicted molar refractivity (Wildman–Crippen MR) is 77.8 cm³/mol. The number of aliphatic hydroxyl groups excluding tert-OH is 1. The van der Waals surface area contributed by atoms with E-state index in [2.05, 4.69) is 26.1 Å². The molecule has 3 unspecified atom stereocenters. The molecule has 18 heavy (non-hydrogen) atoms. The van der Waals surface area contributed by atoms with Crippen LogP contribution in [0.4, 0.5) is 0 Å². The average Bonchev–Trinajstić information content (AvgIpc) is 2.21. The van der Waals surface area contributed by atoms with Crippen molar-refractivity contribution in [2.75, 3.05) is 6.54 Å². The van der Waals surface area contributed by atoms with Gasteiger partial charge in [-0.25, -0.2) is 0 Å². The van der Waals surface area contributed by atoms with Crippen molar-refractivity contribution in [3.05, 3.63) is 0 Å². The summed E-state index contributed by atoms with van der Waals surface area (Å²) in [6.07, 6.45) is 1.02. The van der Waals surface area contributed by atoms with E-state index in [9.17, 15) is 9.90 Å². The molecule has 0 fully saturated rings. The third-order valence-corrected chi connectivity index (χ3v) is 2.92. The smallest absolute Gasteiger partial charge is 0.237 e. The molecule has 0 aliphatic heterocycles. The molecule has 0 saturated carbocycles. The van der Waals surface area contributed by atoms with Gasteiger partial charge < -0.3 is 16.2 Å². The van der Waals surface area contributed by atoms with Gasteiger partial charge in [-0.05, 0) is 17.8 Å². The van der Waals surface area contributed by atoms with Crippen LogP contribution in [-0.2, 0) is 4.79 Å². The summed E-state index contributed by atoms with van der Waals surface area (Å²) < 4.78 is 0. The Morgan fingerprint density at radius 1 is 1.39 bits per heavy atom. The lowest BCUT2D eigenvalue weighted by Gasteiger charge is -2.23. The molecule has 0 spiro atoms. The highest BCUT2D eigenvalue weighted by molar-refractivity contribution is 5.85. The van der Waals surface area contributed by atoms with Gasteiger partial charge in [0.1, 0.15) is 0 Å². The van der Waals surface area contributed by atoms with Gasteiger partial charge in [0.05, 0.1) is 12.1 Å². The molecule has 0 aromatic rings. The lowest BCUT2D eigenvalue weighted by atomic mass is 9.89. The second-order valence-corrected chi connectivity index (χ2v) is 6.08. The molecular weight excluding hydrogens is 252 g/mol. The normalized spacial score (nSPS) is 16.4. The van der Waals surface area contributed by atoms with Crippen LogP contribution in [0, 0.1) is 11.3 Å². The first kappa shape index (κ1) is 20.0. The van der Waals surface area contributed by atoms with Crippen molar-refractivity contribution < 1.29 is 9.90 Å². The zero-order chi connectivity index (χ0) is 13.6. The highest BCUT2D eigenvalue weighted by Gasteiger charge is 2.21. The molecule has 4 N–H and O–H groups in total. The molecule has 5 heteroatoms. The van der Waals surface area contributed by atoms with Gasteiger partial charge in [0.2, 0.25) is 5.91 Å². The molecule has 4 nitrogen and oxygen atoms in total. The maximum absolute atomic E-state index is 11.7. The minimum atomic E-state index is -0.511. The fourth-order valence-electron chi connectivity index (χ4n) is 1.63. The largest absolute Gasteiger partial charge is 0.391 e. The third kappa shape index (κ3) is 8.72. The van der Waals surface area contributed by atoms with Crippen LogP contribution in [0.3, 0.4) is 0 Å². The summed E-state index contributed by atoms with van der Waals surface area (Å²) in [6.45, 7) is 10.4. The van der Waals surface area contributed by atoms with E-state index in [1.807, 2.05) is 13.8 Å². The molecule has 3 atom stereocenters. The highest BCUT2D eigenvalue weighted by atomic mass is 35.5. The van der Waals surface area contributed by atoms with E-state index in [1.54, 1.807) is 0 Å². The summed E-state index contributed by atoms with van der Waals surface area (Å²) in [4.78, 5) is 11.7. The van der Waals surface area contributed by atoms with E-state index >= 15 is 0 Å². The van der Waals surface area contributed by atoms with E-state index in [0.717, 1.165) is 6.42 Å². The van der Waals surface area contributed by atoms with Gasteiger partial charge in [-0.3, -0.25) is 4.79 Å². The van der Waals surface area contributed by atoms with Crippen LogP contribution in [0.2, 0.25) is 0 Å². The number of halogens is 1. The van der Waals surface area contributed by atoms with Crippen molar-refractivity contribution in [1.82, 2.24) is 5.32 Å². The standard InChI is InChI=1S/C13H28N2O2.ClH/c1-6-9(2)11(14)12(17)15-8-10(16)7-13(3,4)5;/h9-11,16H,6-8,14H2,1-5H3,(H,15,17);1H. The summed E-state index contributed by atoms with van der Waals surface area (Å²) in [5.74, 6) is -0.0120. The Bertz CT molecular complexity index is 242. The molecule has 0 aromatic carbocycles. The number of nitrogens with one attached hydrogen (secondary N) is 1. The van der Waals surface area contributed by atoms with Crippen LogP contribution in [-0.4, -0.2) is 29.7 Å². The topological polar surface area (TPSA) is 75.4 Å². The van der Waals surface area contributed by atoms with Gasteiger partial charge >= 0.3 is 0 Å². The third-order valence-electron chi connectivity index (χ3n) is 2.92. The van der Waals surface area contributed by atoms with Gasteiger partial charge in [0.25, 0.3) is 0 Å². The zero-order valence-corrected chi connectivity index (χ0v) is 13.0. The first-order valence-electron chi connectivity index (χ1n) is 6.38. The number of rotatable bonds is 6. The fourth-order valence-corrected chi connectivity index (χ4v) is 1.63. The Hall–Kier alpha value is -0.320. The minimum Gasteiger partial charge on any atom is -0.391 e. The number of carbonyl (C=O) groups is 1. The molecule has 0 aliphatic carbocycles. The number of amides is 1. The summed E-state index contributed by atoms with van der Waals surface area (Å²) in [6, 6.07) is -0.484. The minimum absolute atomic E-state index is 0. The van der Waals surface area contributed by atoms with Crippen LogP contribution in [0.25, 0.3) is 0 Å². The van der Waals surface area contributed by atoms with Gasteiger partial charge in [-0.1, -0.05) is 41.0 Å². The molecule has 0 bridgehead atoms. The van der Waals surface area contributed by atoms with Crippen molar-refractivity contribution in [3.63, 3.8) is 0 Å². The van der Waals surface area contributed by atoms with Crippen molar-refractivity contribution in [2.45, 2.75) is 59.6 Å². The summed E-state index contributed by atoms with van der Waals surface area (Å²) in [7, 11) is 0. The van der Waals surface area contributed by atoms with Crippen LogP contribution in [0.1, 0.15) is 47.5 Å². The van der Waals surface area contributed by atoms with Crippen molar-refractivity contribution >= 4 is 18.3 Å². The Morgan fingerprint density at radius 3 is 2.28 bits per heavy atom. The second kappa shape index (κ2) is 8.73. The second-order valence-electron chi connectivity index (χ2n) is 6.08. The molecular formula is C13H29ClN2O2. The fraction of sp³-hybridized carbons (Fsp3) is 0.923. The molecule has 0 saturated heterocycles. The van der Waals surface area contributed by atoms with Crippen LogP contribution >= 0.6 is 12.4 Å². The van der Waals surface area contributed by atoms with E-state index in [4.69, 9.17) is 5.73 Å². The molecule has 0 heterocycles. The molecule has 0 aromatic heterocycles. The van der Waals surface area contributed by atoms with E-state index in [0.29, 0.717) is 6.42 Å². The van der Waals surface area contributed by atoms with Crippen molar-refractivity contribution in [1.29, 1.82) is 0 Å². The van der Waals surface area contributed by atoms with Crippen molar-refractivity contribution in [2.24, 2.45) is 17.1 Å². The Morgan fingerprint density at radius 2 is 1.89 bits per heavy atom. The summed E-state index contributed by atoms with van der Waals surface area (Å²) >= 11 is 0. The maximum Gasteiger partial charge on any atom is 0.237 e. The van der Waals surface area contributed by atoms with Crippen LogP contribution < -0.4 is 11.1 Å². The summed E-state index contributed by atoms with van der Waals surface area (Å²) in [5, 5.41) is 12.5. The maximum atomic E-state index is 11.7. The Balaban J connectivity index is 0. The number of hydrogen-bond acceptors (Lipinski definition) is 3. The first-order valence-corrected chi connectivity index (χ1v) is 6.38. The molecule has 0 radical (unpaired) electrons.